The standard InChI is InChI=1S/C26H32F5NO/c1-14(2)13-20(33)23-22(17-9-11-19(27)12-10-17)21(16(4)32-25(23)26(29,30)31)24(28)18-7-5-15(3)6-8-18/h5-12,14,16,20-25,32-33H,13H2,1-4H3. The molecular weight excluding hydrogens is 437 g/mol. The van der Waals surface area contributed by atoms with Crippen LogP contribution in [0.15, 0.2) is 48.5 Å². The lowest BCUT2D eigenvalue weighted by Crippen LogP contribution is -2.63. The normalized spacial score (nSPS) is 28.0. The smallest absolute Gasteiger partial charge is 0.393 e. The monoisotopic (exact) mass is 469 g/mol. The molecule has 1 fully saturated rings. The fraction of sp³-hybridized carbons (Fsp3) is 0.538. The average molecular weight is 470 g/mol. The molecule has 7 unspecified atom stereocenters. The molecule has 2 nitrogen and oxygen atoms in total. The summed E-state index contributed by atoms with van der Waals surface area (Å²) in [5, 5.41) is 13.6. The lowest BCUT2D eigenvalue weighted by atomic mass is 9.63. The molecule has 2 aromatic carbocycles. The van der Waals surface area contributed by atoms with Gasteiger partial charge in [0.2, 0.25) is 0 Å². The van der Waals surface area contributed by atoms with Crippen molar-refractivity contribution in [3.8, 4) is 0 Å². The molecule has 1 aliphatic rings. The number of nitrogens with one attached hydrogen (secondary N) is 1. The Morgan fingerprint density at radius 1 is 0.970 bits per heavy atom. The first kappa shape index (κ1) is 25.6. The molecule has 7 atom stereocenters. The summed E-state index contributed by atoms with van der Waals surface area (Å²) in [7, 11) is 0. The molecule has 33 heavy (non-hydrogen) atoms. The van der Waals surface area contributed by atoms with Gasteiger partial charge in [-0.15, -0.1) is 0 Å². The Labute approximate surface area is 192 Å². The van der Waals surface area contributed by atoms with E-state index in [1.807, 2.05) is 20.8 Å². The van der Waals surface area contributed by atoms with Crippen LogP contribution in [0.5, 0.6) is 0 Å². The van der Waals surface area contributed by atoms with Crippen molar-refractivity contribution in [2.24, 2.45) is 17.8 Å². The molecule has 0 amide bonds. The van der Waals surface area contributed by atoms with E-state index in [4.69, 9.17) is 0 Å². The maximum atomic E-state index is 16.1. The fourth-order valence-electron chi connectivity index (χ4n) is 5.23. The summed E-state index contributed by atoms with van der Waals surface area (Å²) >= 11 is 0. The van der Waals surface area contributed by atoms with Crippen LogP contribution >= 0.6 is 0 Å². The lowest BCUT2D eigenvalue weighted by Gasteiger charge is -2.50. The van der Waals surface area contributed by atoms with Gasteiger partial charge >= 0.3 is 6.18 Å². The number of aliphatic hydroxyl groups is 1. The van der Waals surface area contributed by atoms with Gasteiger partial charge in [0.05, 0.1) is 6.10 Å². The number of rotatable bonds is 6. The first-order chi connectivity index (χ1) is 15.4. The second-order valence-corrected chi connectivity index (χ2v) is 9.72. The van der Waals surface area contributed by atoms with Crippen molar-refractivity contribution in [3.63, 3.8) is 0 Å². The van der Waals surface area contributed by atoms with E-state index in [0.717, 1.165) is 5.56 Å². The first-order valence-electron chi connectivity index (χ1n) is 11.4. The van der Waals surface area contributed by atoms with Crippen molar-refractivity contribution in [2.75, 3.05) is 0 Å². The molecule has 7 heteroatoms. The number of alkyl halides is 4. The van der Waals surface area contributed by atoms with Crippen LogP contribution in [-0.2, 0) is 0 Å². The quantitative estimate of drug-likeness (QED) is 0.474. The van der Waals surface area contributed by atoms with Crippen LogP contribution in [0.25, 0.3) is 0 Å². The highest BCUT2D eigenvalue weighted by molar-refractivity contribution is 5.30. The van der Waals surface area contributed by atoms with Crippen molar-refractivity contribution < 1.29 is 27.1 Å². The molecule has 182 valence electrons. The van der Waals surface area contributed by atoms with E-state index in [9.17, 15) is 22.7 Å². The Bertz CT molecular complexity index is 896. The Balaban J connectivity index is 2.15. The molecule has 1 heterocycles. The summed E-state index contributed by atoms with van der Waals surface area (Å²) in [4.78, 5) is 0. The van der Waals surface area contributed by atoms with Crippen molar-refractivity contribution in [2.45, 2.75) is 70.6 Å². The molecule has 0 aliphatic carbocycles. The molecule has 2 N–H and O–H groups in total. The largest absolute Gasteiger partial charge is 0.404 e. The zero-order chi connectivity index (χ0) is 24.5. The predicted molar refractivity (Wildman–Crippen MR) is 119 cm³/mol. The van der Waals surface area contributed by atoms with Crippen molar-refractivity contribution in [1.29, 1.82) is 0 Å². The van der Waals surface area contributed by atoms with Crippen molar-refractivity contribution in [3.05, 3.63) is 71.0 Å². The molecule has 0 saturated carbocycles. The Morgan fingerprint density at radius 2 is 1.55 bits per heavy atom. The van der Waals surface area contributed by atoms with E-state index >= 15 is 4.39 Å². The van der Waals surface area contributed by atoms with E-state index < -0.39 is 54.1 Å². The summed E-state index contributed by atoms with van der Waals surface area (Å²) in [6, 6.07) is 9.12. The van der Waals surface area contributed by atoms with Gasteiger partial charge in [0.15, 0.2) is 0 Å². The number of benzene rings is 2. The SMILES string of the molecule is Cc1ccc(C(F)C2C(C)NC(C(F)(F)F)C(C(O)CC(C)C)C2c2ccc(F)cc2)cc1. The van der Waals surface area contributed by atoms with Gasteiger partial charge in [0.25, 0.3) is 0 Å². The molecule has 0 aromatic heterocycles. The number of halogens is 5. The molecule has 1 saturated heterocycles. The van der Waals surface area contributed by atoms with Gasteiger partial charge in [-0.1, -0.05) is 55.8 Å². The van der Waals surface area contributed by atoms with Crippen LogP contribution in [0.4, 0.5) is 22.0 Å². The highest BCUT2D eigenvalue weighted by Gasteiger charge is 2.57. The van der Waals surface area contributed by atoms with E-state index in [2.05, 4.69) is 5.32 Å². The minimum atomic E-state index is -4.64. The van der Waals surface area contributed by atoms with Crippen LogP contribution in [0.2, 0.25) is 0 Å². The van der Waals surface area contributed by atoms with E-state index in [-0.39, 0.29) is 12.3 Å². The summed E-state index contributed by atoms with van der Waals surface area (Å²) in [5.41, 5.74) is 1.71. The summed E-state index contributed by atoms with van der Waals surface area (Å²) in [6.45, 7) is 7.06. The van der Waals surface area contributed by atoms with E-state index in [1.165, 1.54) is 24.3 Å². The highest BCUT2D eigenvalue weighted by Crippen LogP contribution is 2.51. The Kier molecular flexibility index (Phi) is 7.84. The van der Waals surface area contributed by atoms with Gasteiger partial charge in [-0.25, -0.2) is 8.78 Å². The number of hydrogen-bond donors (Lipinski definition) is 2. The van der Waals surface area contributed by atoms with Gasteiger partial charge in [-0.3, -0.25) is 0 Å². The van der Waals surface area contributed by atoms with E-state index in [0.29, 0.717) is 11.1 Å². The van der Waals surface area contributed by atoms with Crippen molar-refractivity contribution in [1.82, 2.24) is 5.32 Å². The summed E-state index contributed by atoms with van der Waals surface area (Å²) in [6.07, 6.45) is -7.40. The Morgan fingerprint density at radius 3 is 2.06 bits per heavy atom. The third-order valence-electron chi connectivity index (χ3n) is 6.73. The van der Waals surface area contributed by atoms with Gasteiger partial charge in [-0.2, -0.15) is 13.2 Å². The molecule has 1 aliphatic heterocycles. The number of aliphatic hydroxyl groups excluding tert-OH is 1. The second-order valence-electron chi connectivity index (χ2n) is 9.72. The van der Waals surface area contributed by atoms with Gasteiger partial charge in [0.1, 0.15) is 18.0 Å². The topological polar surface area (TPSA) is 32.3 Å². The summed E-state index contributed by atoms with van der Waals surface area (Å²) < 4.78 is 72.3. The number of hydrogen-bond acceptors (Lipinski definition) is 2. The van der Waals surface area contributed by atoms with Crippen LogP contribution in [0.3, 0.4) is 0 Å². The predicted octanol–water partition coefficient (Wildman–Crippen LogP) is 6.49. The number of piperidine rings is 1. The zero-order valence-electron chi connectivity index (χ0n) is 19.3. The molecule has 2 aromatic rings. The third-order valence-corrected chi connectivity index (χ3v) is 6.73. The van der Waals surface area contributed by atoms with Crippen LogP contribution < -0.4 is 5.32 Å². The number of aryl methyl sites for hydroxylation is 1. The maximum Gasteiger partial charge on any atom is 0.404 e. The average Bonchev–Trinajstić information content (AvgIpc) is 2.72. The van der Waals surface area contributed by atoms with Crippen LogP contribution in [0.1, 0.15) is 56.0 Å². The van der Waals surface area contributed by atoms with Crippen LogP contribution in [-0.4, -0.2) is 29.5 Å². The molecule has 3 rings (SSSR count). The minimum Gasteiger partial charge on any atom is -0.393 e. The first-order valence-corrected chi connectivity index (χ1v) is 11.4. The highest BCUT2D eigenvalue weighted by atomic mass is 19.4. The summed E-state index contributed by atoms with van der Waals surface area (Å²) in [5.74, 6) is -3.79. The molecule has 0 radical (unpaired) electrons. The third kappa shape index (κ3) is 5.75. The molecule has 0 bridgehead atoms. The molecule has 0 spiro atoms. The Hall–Kier alpha value is -1.99. The van der Waals surface area contributed by atoms with Gasteiger partial charge in [-0.05, 0) is 55.4 Å². The zero-order valence-corrected chi connectivity index (χ0v) is 19.3. The van der Waals surface area contributed by atoms with Gasteiger partial charge < -0.3 is 10.4 Å². The minimum absolute atomic E-state index is 0.0566. The molecular formula is C26H32F5NO. The van der Waals surface area contributed by atoms with Gasteiger partial charge in [0, 0.05) is 17.9 Å². The second kappa shape index (κ2) is 10.1. The maximum absolute atomic E-state index is 16.1. The fourth-order valence-corrected chi connectivity index (χ4v) is 5.23. The van der Waals surface area contributed by atoms with Crippen molar-refractivity contribution >= 4 is 0 Å². The van der Waals surface area contributed by atoms with Crippen LogP contribution in [0, 0.1) is 30.5 Å². The lowest BCUT2D eigenvalue weighted by molar-refractivity contribution is -0.196. The van der Waals surface area contributed by atoms with E-state index in [1.54, 1.807) is 31.2 Å².